The number of carbonyl (C=O) groups excluding carboxylic acids is 2. The van der Waals surface area contributed by atoms with Crippen LogP contribution in [-0.2, 0) is 14.3 Å². The maximum Gasteiger partial charge on any atom is 0.351 e. The van der Waals surface area contributed by atoms with Crippen LogP contribution in [0.1, 0.15) is 29.9 Å². The minimum absolute atomic E-state index is 0.110. The molecule has 1 aliphatic rings. The summed E-state index contributed by atoms with van der Waals surface area (Å²) in [6.07, 6.45) is -0.455. The van der Waals surface area contributed by atoms with E-state index in [0.29, 0.717) is 5.56 Å². The number of nitrogens with one attached hydrogen (secondary N) is 1. The van der Waals surface area contributed by atoms with E-state index >= 15 is 0 Å². The standard InChI is InChI=1S/C18H19N3O6/c1-11(23)26-13-9-16(27-14(13)10-22)21-8-7-15(20-18(21)25)19-17(24)12-5-3-2-4-6-12/h2-8,13-14,16,22H,9-10H2,1H3,(H,19,20,24,25)/t13-,14+,16+/m1/s1. The summed E-state index contributed by atoms with van der Waals surface area (Å²) in [7, 11) is 0. The number of aliphatic hydroxyl groups excluding tert-OH is 1. The first-order chi connectivity index (χ1) is 13.0. The van der Waals surface area contributed by atoms with Crippen LogP contribution in [0.25, 0.3) is 0 Å². The highest BCUT2D eigenvalue weighted by Crippen LogP contribution is 2.29. The number of amides is 1. The van der Waals surface area contributed by atoms with Crippen molar-refractivity contribution in [1.82, 2.24) is 9.55 Å². The van der Waals surface area contributed by atoms with Crippen LogP contribution in [0, 0.1) is 0 Å². The van der Waals surface area contributed by atoms with Gasteiger partial charge in [-0.15, -0.1) is 0 Å². The third-order valence-corrected chi connectivity index (χ3v) is 4.10. The molecule has 27 heavy (non-hydrogen) atoms. The molecule has 0 radical (unpaired) electrons. The molecule has 1 fully saturated rings. The second kappa shape index (κ2) is 8.11. The first-order valence-corrected chi connectivity index (χ1v) is 8.37. The summed E-state index contributed by atoms with van der Waals surface area (Å²) in [5.74, 6) is -0.766. The molecule has 2 N–H and O–H groups in total. The molecule has 1 aliphatic heterocycles. The van der Waals surface area contributed by atoms with Crippen molar-refractivity contribution < 1.29 is 24.2 Å². The lowest BCUT2D eigenvalue weighted by Crippen LogP contribution is -2.29. The Kier molecular flexibility index (Phi) is 5.63. The van der Waals surface area contributed by atoms with Crippen LogP contribution in [0.3, 0.4) is 0 Å². The molecule has 142 valence electrons. The Morgan fingerprint density at radius 2 is 2.07 bits per heavy atom. The fourth-order valence-corrected chi connectivity index (χ4v) is 2.85. The van der Waals surface area contributed by atoms with Gasteiger partial charge in [0.2, 0.25) is 0 Å². The molecule has 0 aliphatic carbocycles. The van der Waals surface area contributed by atoms with Gasteiger partial charge in [0, 0.05) is 25.1 Å². The zero-order valence-corrected chi connectivity index (χ0v) is 14.6. The number of hydrogen-bond donors (Lipinski definition) is 2. The smallest absolute Gasteiger partial charge is 0.351 e. The number of hydrogen-bond acceptors (Lipinski definition) is 7. The van der Waals surface area contributed by atoms with Gasteiger partial charge in [-0.3, -0.25) is 14.2 Å². The molecule has 2 aromatic rings. The molecule has 1 aromatic heterocycles. The molecular weight excluding hydrogens is 354 g/mol. The third-order valence-electron chi connectivity index (χ3n) is 4.10. The molecule has 9 nitrogen and oxygen atoms in total. The van der Waals surface area contributed by atoms with Gasteiger partial charge < -0.3 is 19.9 Å². The van der Waals surface area contributed by atoms with Crippen molar-refractivity contribution in [2.45, 2.75) is 31.8 Å². The van der Waals surface area contributed by atoms with Crippen LogP contribution >= 0.6 is 0 Å². The number of carbonyl (C=O) groups is 2. The molecule has 3 rings (SSSR count). The van der Waals surface area contributed by atoms with Gasteiger partial charge in [-0.05, 0) is 18.2 Å². The predicted molar refractivity (Wildman–Crippen MR) is 94.1 cm³/mol. The van der Waals surface area contributed by atoms with E-state index in [4.69, 9.17) is 9.47 Å². The normalized spacial score (nSPS) is 21.6. The summed E-state index contributed by atoms with van der Waals surface area (Å²) >= 11 is 0. The lowest BCUT2D eigenvalue weighted by molar-refractivity contribution is -0.150. The van der Waals surface area contributed by atoms with Gasteiger partial charge in [0.25, 0.3) is 5.91 Å². The van der Waals surface area contributed by atoms with E-state index in [0.717, 1.165) is 0 Å². The number of aliphatic hydroxyl groups is 1. The van der Waals surface area contributed by atoms with Gasteiger partial charge in [0.15, 0.2) is 0 Å². The SMILES string of the molecule is CC(=O)O[C@@H]1C[C@@H](n2ccc(NC(=O)c3ccccc3)nc2=O)O[C@H]1CO. The van der Waals surface area contributed by atoms with Gasteiger partial charge in [-0.25, -0.2) is 4.79 Å². The van der Waals surface area contributed by atoms with Crippen LogP contribution in [0.4, 0.5) is 5.82 Å². The van der Waals surface area contributed by atoms with Crippen LogP contribution < -0.4 is 11.0 Å². The highest BCUT2D eigenvalue weighted by atomic mass is 16.6. The van der Waals surface area contributed by atoms with E-state index in [-0.39, 0.29) is 24.8 Å². The van der Waals surface area contributed by atoms with Crippen molar-refractivity contribution in [3.8, 4) is 0 Å². The zero-order valence-electron chi connectivity index (χ0n) is 14.6. The Balaban J connectivity index is 1.73. The quantitative estimate of drug-likeness (QED) is 0.741. The van der Waals surface area contributed by atoms with Crippen LogP contribution in [0.2, 0.25) is 0 Å². The van der Waals surface area contributed by atoms with Gasteiger partial charge in [-0.1, -0.05) is 18.2 Å². The first kappa shape index (κ1) is 18.7. The third kappa shape index (κ3) is 4.39. The number of ether oxygens (including phenoxy) is 2. The molecule has 0 unspecified atom stereocenters. The molecule has 2 heterocycles. The van der Waals surface area contributed by atoms with Crippen molar-refractivity contribution >= 4 is 17.7 Å². The minimum atomic E-state index is -0.731. The molecule has 1 aromatic carbocycles. The summed E-state index contributed by atoms with van der Waals surface area (Å²) in [5, 5.41) is 11.9. The van der Waals surface area contributed by atoms with Crippen molar-refractivity contribution in [1.29, 1.82) is 0 Å². The molecule has 0 bridgehead atoms. The van der Waals surface area contributed by atoms with Crippen LogP contribution in [-0.4, -0.2) is 45.3 Å². The fourth-order valence-electron chi connectivity index (χ4n) is 2.85. The summed E-state index contributed by atoms with van der Waals surface area (Å²) in [6, 6.07) is 10.0. The van der Waals surface area contributed by atoms with Gasteiger partial charge >= 0.3 is 11.7 Å². The number of rotatable bonds is 5. The molecule has 1 amide bonds. The zero-order chi connectivity index (χ0) is 19.4. The molecule has 1 saturated heterocycles. The highest BCUT2D eigenvalue weighted by molar-refractivity contribution is 6.03. The predicted octanol–water partition coefficient (Wildman–Crippen LogP) is 0.707. The average molecular weight is 373 g/mol. The Morgan fingerprint density at radius 3 is 2.70 bits per heavy atom. The highest BCUT2D eigenvalue weighted by Gasteiger charge is 2.38. The van der Waals surface area contributed by atoms with Crippen molar-refractivity contribution in [2.24, 2.45) is 0 Å². The number of nitrogens with zero attached hydrogens (tertiary/aromatic N) is 2. The largest absolute Gasteiger partial charge is 0.460 e. The second-order valence-electron chi connectivity index (χ2n) is 6.02. The summed E-state index contributed by atoms with van der Waals surface area (Å²) in [6.45, 7) is 0.918. The van der Waals surface area contributed by atoms with Crippen LogP contribution in [0.15, 0.2) is 47.4 Å². The molecular formula is C18H19N3O6. The van der Waals surface area contributed by atoms with Crippen molar-refractivity contribution in [3.05, 3.63) is 58.6 Å². The topological polar surface area (TPSA) is 120 Å². The van der Waals surface area contributed by atoms with Gasteiger partial charge in [0.1, 0.15) is 24.3 Å². The Hall–Kier alpha value is -3.04. The number of benzene rings is 1. The first-order valence-electron chi connectivity index (χ1n) is 8.37. The maximum absolute atomic E-state index is 12.3. The molecule has 0 spiro atoms. The Morgan fingerprint density at radius 1 is 1.33 bits per heavy atom. The lowest BCUT2D eigenvalue weighted by atomic mass is 10.2. The van der Waals surface area contributed by atoms with E-state index in [2.05, 4.69) is 10.3 Å². The van der Waals surface area contributed by atoms with E-state index < -0.39 is 30.1 Å². The van der Waals surface area contributed by atoms with E-state index in [1.165, 1.54) is 23.8 Å². The lowest BCUT2D eigenvalue weighted by Gasteiger charge is -2.15. The molecule has 3 atom stereocenters. The Bertz CT molecular complexity index is 882. The molecule has 0 saturated carbocycles. The number of anilines is 1. The average Bonchev–Trinajstić information content (AvgIpc) is 3.04. The second-order valence-corrected chi connectivity index (χ2v) is 6.02. The van der Waals surface area contributed by atoms with E-state index in [1.54, 1.807) is 30.3 Å². The fraction of sp³-hybridized carbons (Fsp3) is 0.333. The Labute approximate surface area is 154 Å². The van der Waals surface area contributed by atoms with E-state index in [1.807, 2.05) is 0 Å². The maximum atomic E-state index is 12.3. The summed E-state index contributed by atoms with van der Waals surface area (Å²) in [4.78, 5) is 39.5. The summed E-state index contributed by atoms with van der Waals surface area (Å²) in [5.41, 5.74) is -0.191. The van der Waals surface area contributed by atoms with Gasteiger partial charge in [0.05, 0.1) is 6.61 Å². The van der Waals surface area contributed by atoms with Gasteiger partial charge in [-0.2, -0.15) is 4.98 Å². The summed E-state index contributed by atoms with van der Waals surface area (Å²) < 4.78 is 11.9. The number of aromatic nitrogens is 2. The number of esters is 1. The molecule has 9 heteroatoms. The van der Waals surface area contributed by atoms with Crippen molar-refractivity contribution in [3.63, 3.8) is 0 Å². The minimum Gasteiger partial charge on any atom is -0.460 e. The van der Waals surface area contributed by atoms with Crippen LogP contribution in [0.5, 0.6) is 0 Å². The van der Waals surface area contributed by atoms with E-state index in [9.17, 15) is 19.5 Å². The van der Waals surface area contributed by atoms with Crippen molar-refractivity contribution in [2.75, 3.05) is 11.9 Å². The monoisotopic (exact) mass is 373 g/mol.